The number of nitrogens with two attached hydrogens (primary N) is 1. The van der Waals surface area contributed by atoms with Crippen molar-refractivity contribution in [2.75, 3.05) is 0 Å². The Balaban J connectivity index is 3.50. The van der Waals surface area contributed by atoms with Gasteiger partial charge in [-0.25, -0.2) is 4.39 Å². The summed E-state index contributed by atoms with van der Waals surface area (Å²) in [6.07, 6.45) is 0. The maximum atomic E-state index is 12.8. The van der Waals surface area contributed by atoms with E-state index in [0.717, 1.165) is 6.07 Å². The zero-order chi connectivity index (χ0) is 10.2. The van der Waals surface area contributed by atoms with Crippen LogP contribution < -0.4 is 5.73 Å². The first-order valence-electron chi connectivity index (χ1n) is 3.16. The van der Waals surface area contributed by atoms with E-state index in [2.05, 4.69) is 0 Å². The molecule has 0 atom stereocenters. The number of rotatable bonds is 1. The molecule has 0 aromatic heterocycles. The zero-order valence-corrected chi connectivity index (χ0v) is 6.99. The minimum absolute atomic E-state index is 0.330. The fourth-order valence-electron chi connectivity index (χ4n) is 0.791. The van der Waals surface area contributed by atoms with Crippen molar-refractivity contribution in [3.05, 3.63) is 28.3 Å². The molecule has 0 unspecified atom stereocenters. The van der Waals surface area contributed by atoms with Crippen LogP contribution in [0, 0.1) is 17.0 Å². The molecule has 1 aromatic rings. The van der Waals surface area contributed by atoms with Crippen molar-refractivity contribution in [3.63, 3.8) is 0 Å². The van der Waals surface area contributed by atoms with Gasteiger partial charge in [-0.3, -0.25) is 5.41 Å². The Morgan fingerprint density at radius 3 is 2.46 bits per heavy atom. The van der Waals surface area contributed by atoms with Crippen LogP contribution in [0.4, 0.5) is 8.78 Å². The Labute approximate surface area is 77.3 Å². The SMILES string of the molecule is N=C(N)c1cc(Cl)c(F)c(F)c1O. The second-order valence-electron chi connectivity index (χ2n) is 2.30. The van der Waals surface area contributed by atoms with Crippen LogP contribution in [-0.4, -0.2) is 10.9 Å². The molecule has 1 rings (SSSR count). The molecule has 0 saturated carbocycles. The van der Waals surface area contributed by atoms with Crippen molar-refractivity contribution in [1.29, 1.82) is 5.41 Å². The van der Waals surface area contributed by atoms with Crippen LogP contribution in [0.2, 0.25) is 5.02 Å². The van der Waals surface area contributed by atoms with Gasteiger partial charge >= 0.3 is 0 Å². The largest absolute Gasteiger partial charge is 0.504 e. The van der Waals surface area contributed by atoms with Gasteiger partial charge in [0.25, 0.3) is 0 Å². The van der Waals surface area contributed by atoms with Crippen LogP contribution in [0.1, 0.15) is 5.56 Å². The first kappa shape index (κ1) is 9.73. The Hall–Kier alpha value is -1.36. The van der Waals surface area contributed by atoms with Crippen molar-refractivity contribution in [2.24, 2.45) is 5.73 Å². The van der Waals surface area contributed by atoms with Gasteiger partial charge < -0.3 is 10.8 Å². The highest BCUT2D eigenvalue weighted by molar-refractivity contribution is 6.31. The van der Waals surface area contributed by atoms with Gasteiger partial charge in [0.2, 0.25) is 5.82 Å². The summed E-state index contributed by atoms with van der Waals surface area (Å²) in [5.74, 6) is -4.45. The molecule has 70 valence electrons. The van der Waals surface area contributed by atoms with E-state index in [9.17, 15) is 8.78 Å². The average molecular weight is 207 g/mol. The summed E-state index contributed by atoms with van der Waals surface area (Å²) in [5, 5.41) is 15.4. The van der Waals surface area contributed by atoms with E-state index in [0.29, 0.717) is 0 Å². The smallest absolute Gasteiger partial charge is 0.202 e. The molecule has 0 aliphatic heterocycles. The van der Waals surface area contributed by atoms with Crippen molar-refractivity contribution < 1.29 is 13.9 Å². The first-order chi connectivity index (χ1) is 5.95. The Morgan fingerprint density at radius 2 is 2.00 bits per heavy atom. The molecule has 1 aromatic carbocycles. The molecule has 3 nitrogen and oxygen atoms in total. The number of hydrogen-bond acceptors (Lipinski definition) is 2. The van der Waals surface area contributed by atoms with Gasteiger partial charge in [-0.2, -0.15) is 4.39 Å². The molecular weight excluding hydrogens is 202 g/mol. The van der Waals surface area contributed by atoms with Crippen LogP contribution in [-0.2, 0) is 0 Å². The molecule has 0 aliphatic carbocycles. The molecule has 0 heterocycles. The van der Waals surface area contributed by atoms with Gasteiger partial charge in [0.05, 0.1) is 10.6 Å². The maximum Gasteiger partial charge on any atom is 0.202 e. The summed E-state index contributed by atoms with van der Waals surface area (Å²) in [6.45, 7) is 0. The lowest BCUT2D eigenvalue weighted by molar-refractivity contribution is 0.406. The van der Waals surface area contributed by atoms with Crippen LogP contribution in [0.15, 0.2) is 6.07 Å². The van der Waals surface area contributed by atoms with Gasteiger partial charge in [0.1, 0.15) is 5.84 Å². The van der Waals surface area contributed by atoms with Gasteiger partial charge in [-0.1, -0.05) is 11.6 Å². The van der Waals surface area contributed by atoms with E-state index in [-0.39, 0.29) is 5.56 Å². The molecule has 6 heteroatoms. The predicted octanol–water partition coefficient (Wildman–Crippen LogP) is 1.61. The number of phenolic OH excluding ortho intramolecular Hbond substituents is 1. The highest BCUT2D eigenvalue weighted by Gasteiger charge is 2.17. The van der Waals surface area contributed by atoms with Crippen molar-refractivity contribution in [2.45, 2.75) is 0 Å². The fraction of sp³-hybridized carbons (Fsp3) is 0. The monoisotopic (exact) mass is 206 g/mol. The number of phenols is 1. The maximum absolute atomic E-state index is 12.8. The quantitative estimate of drug-likeness (QED) is 0.371. The molecule has 0 spiro atoms. The summed E-state index contributed by atoms with van der Waals surface area (Å²) >= 11 is 5.26. The van der Waals surface area contributed by atoms with E-state index < -0.39 is 28.2 Å². The molecule has 0 saturated heterocycles. The lowest BCUT2D eigenvalue weighted by Gasteiger charge is -2.05. The van der Waals surface area contributed by atoms with E-state index in [4.69, 9.17) is 27.9 Å². The summed E-state index contributed by atoms with van der Waals surface area (Å²) in [7, 11) is 0. The predicted molar refractivity (Wildman–Crippen MR) is 44.0 cm³/mol. The zero-order valence-electron chi connectivity index (χ0n) is 6.24. The third kappa shape index (κ3) is 1.55. The third-order valence-electron chi connectivity index (χ3n) is 1.43. The van der Waals surface area contributed by atoms with Gasteiger partial charge in [-0.05, 0) is 6.07 Å². The van der Waals surface area contributed by atoms with E-state index in [1.54, 1.807) is 0 Å². The number of aromatic hydroxyl groups is 1. The van der Waals surface area contributed by atoms with Crippen LogP contribution in [0.5, 0.6) is 5.75 Å². The highest BCUT2D eigenvalue weighted by Crippen LogP contribution is 2.28. The lowest BCUT2D eigenvalue weighted by Crippen LogP contribution is -2.12. The van der Waals surface area contributed by atoms with Gasteiger partial charge in [0.15, 0.2) is 11.6 Å². The van der Waals surface area contributed by atoms with E-state index in [1.165, 1.54) is 0 Å². The number of benzene rings is 1. The number of halogens is 3. The molecule has 0 amide bonds. The second kappa shape index (κ2) is 3.18. The summed E-state index contributed by atoms with van der Waals surface area (Å²) in [6, 6.07) is 0.887. The third-order valence-corrected chi connectivity index (χ3v) is 1.70. The topological polar surface area (TPSA) is 70.1 Å². The standard InChI is InChI=1S/C7H5ClF2N2O/c8-3-1-2(7(11)12)6(13)5(10)4(3)9/h1,13H,(H3,11,12). The first-order valence-corrected chi connectivity index (χ1v) is 3.53. The van der Waals surface area contributed by atoms with Crippen LogP contribution >= 0.6 is 11.6 Å². The van der Waals surface area contributed by atoms with Crippen LogP contribution in [0.25, 0.3) is 0 Å². The normalized spacial score (nSPS) is 10.1. The second-order valence-corrected chi connectivity index (χ2v) is 2.70. The van der Waals surface area contributed by atoms with E-state index in [1.807, 2.05) is 0 Å². The van der Waals surface area contributed by atoms with E-state index >= 15 is 0 Å². The molecular formula is C7H5ClF2N2O. The minimum atomic E-state index is -1.50. The van der Waals surface area contributed by atoms with Crippen LogP contribution in [0.3, 0.4) is 0 Å². The molecule has 13 heavy (non-hydrogen) atoms. The Bertz CT molecular complexity index is 381. The highest BCUT2D eigenvalue weighted by atomic mass is 35.5. The number of amidine groups is 1. The summed E-state index contributed by atoms with van der Waals surface area (Å²) in [5.41, 5.74) is 4.65. The summed E-state index contributed by atoms with van der Waals surface area (Å²) in [4.78, 5) is 0. The van der Waals surface area contributed by atoms with Crippen molar-refractivity contribution in [3.8, 4) is 5.75 Å². The molecule has 0 radical (unpaired) electrons. The Morgan fingerprint density at radius 1 is 1.46 bits per heavy atom. The number of nitrogen functional groups attached to an aromatic ring is 1. The van der Waals surface area contributed by atoms with Gasteiger partial charge in [-0.15, -0.1) is 0 Å². The minimum Gasteiger partial charge on any atom is -0.504 e. The molecule has 4 N–H and O–H groups in total. The number of hydrogen-bond donors (Lipinski definition) is 3. The lowest BCUT2D eigenvalue weighted by atomic mass is 10.1. The van der Waals surface area contributed by atoms with Crippen molar-refractivity contribution in [1.82, 2.24) is 0 Å². The molecule has 0 aliphatic rings. The van der Waals surface area contributed by atoms with Gasteiger partial charge in [0, 0.05) is 0 Å². The average Bonchev–Trinajstić information content (AvgIpc) is 2.07. The Kier molecular flexibility index (Phi) is 2.38. The number of nitrogens with one attached hydrogen (secondary N) is 1. The molecule has 0 fully saturated rings. The molecule has 0 bridgehead atoms. The van der Waals surface area contributed by atoms with Crippen molar-refractivity contribution >= 4 is 17.4 Å². The fourth-order valence-corrected chi connectivity index (χ4v) is 0.983. The summed E-state index contributed by atoms with van der Waals surface area (Å²) < 4.78 is 25.4.